The lowest BCUT2D eigenvalue weighted by atomic mass is 9.95. The molecule has 8 rings (SSSR count). The van der Waals surface area contributed by atoms with Crippen molar-refractivity contribution in [2.24, 2.45) is 0 Å². The van der Waals surface area contributed by atoms with Crippen LogP contribution in [0.1, 0.15) is 31.2 Å². The molecule has 12 nitrogen and oxygen atoms in total. The molecule has 3 heterocycles. The molecule has 2 amide bonds. The number of methoxy groups -OCH3 is 1. The number of fused-ring (bicyclic) bond motifs is 3. The summed E-state index contributed by atoms with van der Waals surface area (Å²) in [5.74, 6) is -0.00184. The number of carbonyl (C=O) groups is 2. The molecule has 1 spiro atoms. The van der Waals surface area contributed by atoms with Crippen molar-refractivity contribution in [1.29, 1.82) is 10.8 Å². The predicted octanol–water partition coefficient (Wildman–Crippen LogP) is 7.72. The maximum atomic E-state index is 12.7. The van der Waals surface area contributed by atoms with Gasteiger partial charge in [0, 0.05) is 97.1 Å². The van der Waals surface area contributed by atoms with E-state index in [1.165, 1.54) is 6.21 Å². The summed E-state index contributed by atoms with van der Waals surface area (Å²) in [6, 6.07) is 26.0. The second kappa shape index (κ2) is 14.2. The number of anilines is 6. The number of para-hydroxylation sites is 2. The van der Waals surface area contributed by atoms with Gasteiger partial charge in [0.1, 0.15) is 0 Å². The number of hydrogen-bond acceptors (Lipinski definition) is 9. The van der Waals surface area contributed by atoms with Crippen LogP contribution in [-0.4, -0.2) is 61.2 Å². The number of nitrogens with one attached hydrogen (secondary N) is 8. The Kier molecular flexibility index (Phi) is 9.12. The lowest BCUT2D eigenvalue weighted by Gasteiger charge is -2.20. The van der Waals surface area contributed by atoms with Crippen molar-refractivity contribution in [3.8, 4) is 22.4 Å². The lowest BCUT2D eigenvalue weighted by Crippen LogP contribution is -2.24. The first kappa shape index (κ1) is 34.7. The van der Waals surface area contributed by atoms with E-state index < -0.39 is 0 Å². The third-order valence-electron chi connectivity index (χ3n) is 10.5. The van der Waals surface area contributed by atoms with Gasteiger partial charge in [0.15, 0.2) is 0 Å². The standard InChI is InChI=1S/C42H43N9O3/c1-45-32-12-10-25(29-5-3-7-33-40(29)46-16-13-37(52)48-33)19-31(32)39(44)27(23-43)24-47-28-11-9-26-20-36(51(17-18-54-2)35(26)21-28)30-6-4-8-34-41(30)50-42(14-15-42)22-38(53)49-34/h3-12,19-21,23-24,43-47,50H,13-18,22H2,1-2H3,(H,48,52)(H,49,53)/b27-24+,43-23?,44-39?. The summed E-state index contributed by atoms with van der Waals surface area (Å²) in [6.45, 7) is 1.65. The first-order chi connectivity index (χ1) is 26.3. The highest BCUT2D eigenvalue weighted by Gasteiger charge is 2.46. The van der Waals surface area contributed by atoms with E-state index in [4.69, 9.17) is 10.1 Å². The van der Waals surface area contributed by atoms with Crippen LogP contribution >= 0.6 is 0 Å². The number of nitrogens with zero attached hydrogens (tertiary/aromatic N) is 1. The van der Waals surface area contributed by atoms with E-state index in [1.807, 2.05) is 61.6 Å². The van der Waals surface area contributed by atoms with Gasteiger partial charge >= 0.3 is 0 Å². The van der Waals surface area contributed by atoms with Gasteiger partial charge < -0.3 is 46.6 Å². The van der Waals surface area contributed by atoms with Crippen molar-refractivity contribution in [3.63, 3.8) is 0 Å². The normalized spacial score (nSPS) is 15.8. The summed E-state index contributed by atoms with van der Waals surface area (Å²) in [4.78, 5) is 25.0. The van der Waals surface area contributed by atoms with E-state index in [-0.39, 0.29) is 23.1 Å². The molecule has 1 aromatic heterocycles. The van der Waals surface area contributed by atoms with Gasteiger partial charge in [-0.15, -0.1) is 0 Å². The molecule has 1 fully saturated rings. The smallest absolute Gasteiger partial charge is 0.226 e. The van der Waals surface area contributed by atoms with E-state index >= 15 is 0 Å². The third-order valence-corrected chi connectivity index (χ3v) is 10.5. The number of carbonyl (C=O) groups excluding carboxylic acids is 2. The summed E-state index contributed by atoms with van der Waals surface area (Å²) in [6.07, 6.45) is 5.65. The van der Waals surface area contributed by atoms with Crippen molar-refractivity contribution >= 4 is 68.8 Å². The Morgan fingerprint density at radius 2 is 1.72 bits per heavy atom. The van der Waals surface area contributed by atoms with Crippen LogP contribution in [0, 0.1) is 10.8 Å². The molecule has 0 saturated heterocycles. The van der Waals surface area contributed by atoms with E-state index in [1.54, 1.807) is 13.3 Å². The first-order valence-corrected chi connectivity index (χ1v) is 18.2. The van der Waals surface area contributed by atoms with Gasteiger partial charge in [-0.2, -0.15) is 0 Å². The van der Waals surface area contributed by atoms with E-state index in [0.717, 1.165) is 80.3 Å². The molecule has 0 bridgehead atoms. The SMILES string of the molecule is CNc1ccc(-c2cccc3c2NCCC(=O)N3)cc1C(=N)/C(C=N)=C/Nc1ccc2cc(-c3cccc4c3NC3(CC3)CC(=O)N4)n(CCOC)c2c1. The van der Waals surface area contributed by atoms with Crippen LogP contribution in [0.25, 0.3) is 33.3 Å². The monoisotopic (exact) mass is 721 g/mol. The molecule has 1 saturated carbocycles. The van der Waals surface area contributed by atoms with Crippen molar-refractivity contribution in [1.82, 2.24) is 4.57 Å². The highest BCUT2D eigenvalue weighted by atomic mass is 16.5. The van der Waals surface area contributed by atoms with Crippen LogP contribution < -0.4 is 31.9 Å². The van der Waals surface area contributed by atoms with Crippen LogP contribution in [-0.2, 0) is 20.9 Å². The summed E-state index contributed by atoms with van der Waals surface area (Å²) < 4.78 is 7.78. The van der Waals surface area contributed by atoms with Crippen molar-refractivity contribution in [2.45, 2.75) is 37.8 Å². The third kappa shape index (κ3) is 6.56. The molecule has 54 heavy (non-hydrogen) atoms. The topological polar surface area (TPSA) is 168 Å². The van der Waals surface area contributed by atoms with Crippen LogP contribution in [0.5, 0.6) is 0 Å². The van der Waals surface area contributed by atoms with Gasteiger partial charge in [-0.3, -0.25) is 15.0 Å². The summed E-state index contributed by atoms with van der Waals surface area (Å²) in [5, 5.41) is 38.4. The van der Waals surface area contributed by atoms with E-state index in [0.29, 0.717) is 43.7 Å². The Hall–Kier alpha value is -6.40. The molecule has 0 atom stereocenters. The van der Waals surface area contributed by atoms with E-state index in [9.17, 15) is 15.0 Å². The van der Waals surface area contributed by atoms with Gasteiger partial charge in [0.2, 0.25) is 11.8 Å². The Morgan fingerprint density at radius 1 is 0.944 bits per heavy atom. The number of hydrogen-bond donors (Lipinski definition) is 8. The molecule has 8 N–H and O–H groups in total. The highest BCUT2D eigenvalue weighted by molar-refractivity contribution is 6.24. The fraction of sp³-hybridized carbons (Fsp3) is 0.238. The molecular weight excluding hydrogens is 679 g/mol. The quantitative estimate of drug-likeness (QED) is 0.0646. The van der Waals surface area contributed by atoms with Crippen molar-refractivity contribution < 1.29 is 14.3 Å². The van der Waals surface area contributed by atoms with Crippen molar-refractivity contribution in [3.05, 3.63) is 96.2 Å². The number of rotatable bonds is 11. The Labute approximate surface area is 313 Å². The summed E-state index contributed by atoms with van der Waals surface area (Å²) in [5.41, 5.74) is 10.7. The molecule has 0 radical (unpaired) electrons. The number of benzene rings is 4. The van der Waals surface area contributed by atoms with Gasteiger partial charge in [0.05, 0.1) is 46.3 Å². The van der Waals surface area contributed by atoms with Crippen molar-refractivity contribution in [2.75, 3.05) is 59.2 Å². The predicted molar refractivity (Wildman–Crippen MR) is 219 cm³/mol. The maximum Gasteiger partial charge on any atom is 0.226 e. The average molecular weight is 722 g/mol. The zero-order valence-corrected chi connectivity index (χ0v) is 30.3. The summed E-state index contributed by atoms with van der Waals surface area (Å²) >= 11 is 0. The minimum Gasteiger partial charge on any atom is -0.388 e. The minimum absolute atomic E-state index is 0.0329. The average Bonchev–Trinajstić information content (AvgIpc) is 3.91. The van der Waals surface area contributed by atoms with E-state index in [2.05, 4.69) is 60.7 Å². The molecule has 0 unspecified atom stereocenters. The second-order valence-electron chi connectivity index (χ2n) is 14.0. The van der Waals surface area contributed by atoms with Crippen LogP contribution in [0.4, 0.5) is 34.1 Å². The number of allylic oxidation sites excluding steroid dienone is 1. The fourth-order valence-electron chi connectivity index (χ4n) is 7.50. The van der Waals surface area contributed by atoms with Crippen LogP contribution in [0.3, 0.4) is 0 Å². The number of ether oxygens (including phenoxy) is 1. The molecule has 274 valence electrons. The molecule has 4 aromatic carbocycles. The Morgan fingerprint density at radius 3 is 2.48 bits per heavy atom. The van der Waals surface area contributed by atoms with Crippen LogP contribution in [0.2, 0.25) is 0 Å². The molecule has 1 aliphatic carbocycles. The highest BCUT2D eigenvalue weighted by Crippen LogP contribution is 2.49. The number of aromatic nitrogens is 1. The van der Waals surface area contributed by atoms with Gasteiger partial charge in [-0.1, -0.05) is 36.4 Å². The minimum atomic E-state index is -0.190. The number of amides is 2. The first-order valence-electron chi connectivity index (χ1n) is 18.2. The molecular formula is C42H43N9O3. The maximum absolute atomic E-state index is 12.7. The molecule has 12 heteroatoms. The Balaban J connectivity index is 1.12. The molecule has 5 aromatic rings. The van der Waals surface area contributed by atoms with Gasteiger partial charge in [-0.05, 0) is 60.9 Å². The summed E-state index contributed by atoms with van der Waals surface area (Å²) in [7, 11) is 3.51. The lowest BCUT2D eigenvalue weighted by molar-refractivity contribution is -0.117. The fourth-order valence-corrected chi connectivity index (χ4v) is 7.50. The largest absolute Gasteiger partial charge is 0.388 e. The van der Waals surface area contributed by atoms with Crippen LogP contribution in [0.15, 0.2) is 90.6 Å². The Bertz CT molecular complexity index is 2370. The molecule has 2 aliphatic heterocycles. The zero-order valence-electron chi connectivity index (χ0n) is 30.3. The molecule has 3 aliphatic rings. The van der Waals surface area contributed by atoms with Gasteiger partial charge in [0.25, 0.3) is 0 Å². The zero-order chi connectivity index (χ0) is 37.4. The van der Waals surface area contributed by atoms with Gasteiger partial charge in [-0.25, -0.2) is 0 Å². The second-order valence-corrected chi connectivity index (χ2v) is 14.0.